The highest BCUT2D eigenvalue weighted by atomic mass is 35.5. The van der Waals surface area contributed by atoms with Gasteiger partial charge in [-0.1, -0.05) is 11.6 Å². The molecule has 0 aliphatic carbocycles. The molecule has 0 radical (unpaired) electrons. The Morgan fingerprint density at radius 1 is 1.27 bits per heavy atom. The number of aryl methyl sites for hydroxylation is 2. The SMILES string of the molecule is Cc1cn2c(=O)c(NC(=O)c3ccc(Cl)cc3)c(C)nc2s1. The predicted octanol–water partition coefficient (Wildman–Crippen LogP) is 3.28. The van der Waals surface area contributed by atoms with Crippen LogP contribution >= 0.6 is 22.9 Å². The van der Waals surface area contributed by atoms with Crippen LogP contribution < -0.4 is 10.9 Å². The van der Waals surface area contributed by atoms with Gasteiger partial charge in [-0.25, -0.2) is 4.98 Å². The molecule has 22 heavy (non-hydrogen) atoms. The fraction of sp³-hybridized carbons (Fsp3) is 0.133. The lowest BCUT2D eigenvalue weighted by Gasteiger charge is -2.07. The minimum absolute atomic E-state index is 0.190. The Hall–Kier alpha value is -2.18. The van der Waals surface area contributed by atoms with Gasteiger partial charge in [-0.05, 0) is 38.1 Å². The number of aromatic nitrogens is 2. The second kappa shape index (κ2) is 5.55. The molecule has 112 valence electrons. The Labute approximate surface area is 135 Å². The number of benzene rings is 1. The molecule has 0 aliphatic heterocycles. The number of carbonyl (C=O) groups is 1. The summed E-state index contributed by atoms with van der Waals surface area (Å²) in [5.74, 6) is -0.370. The lowest BCUT2D eigenvalue weighted by molar-refractivity contribution is 0.102. The lowest BCUT2D eigenvalue weighted by atomic mass is 10.2. The van der Waals surface area contributed by atoms with Crippen molar-refractivity contribution in [2.45, 2.75) is 13.8 Å². The van der Waals surface area contributed by atoms with Crippen LogP contribution in [0.4, 0.5) is 5.69 Å². The standard InChI is InChI=1S/C15H12ClN3O2S/c1-8-7-19-14(21)12(9(2)17-15(19)22-8)18-13(20)10-3-5-11(16)6-4-10/h3-7H,1-2H3,(H,18,20). The van der Waals surface area contributed by atoms with Crippen LogP contribution in [-0.2, 0) is 0 Å². The Bertz CT molecular complexity index is 928. The van der Waals surface area contributed by atoms with Crippen LogP contribution in [0.15, 0.2) is 35.3 Å². The van der Waals surface area contributed by atoms with E-state index in [1.807, 2.05) is 6.92 Å². The van der Waals surface area contributed by atoms with Gasteiger partial charge in [-0.3, -0.25) is 14.0 Å². The van der Waals surface area contributed by atoms with Gasteiger partial charge in [0.25, 0.3) is 11.5 Å². The summed E-state index contributed by atoms with van der Waals surface area (Å²) < 4.78 is 1.45. The van der Waals surface area contributed by atoms with E-state index in [4.69, 9.17) is 11.6 Å². The number of hydrogen-bond acceptors (Lipinski definition) is 4. The number of anilines is 1. The van der Waals surface area contributed by atoms with Crippen molar-refractivity contribution in [2.75, 3.05) is 5.32 Å². The highest BCUT2D eigenvalue weighted by Crippen LogP contribution is 2.17. The molecule has 0 unspecified atom stereocenters. The summed E-state index contributed by atoms with van der Waals surface area (Å²) in [6.45, 7) is 3.61. The molecule has 2 aromatic heterocycles. The molecular weight excluding hydrogens is 322 g/mol. The molecule has 2 heterocycles. The summed E-state index contributed by atoms with van der Waals surface area (Å²) >= 11 is 7.23. The first-order valence-electron chi connectivity index (χ1n) is 6.52. The zero-order valence-electron chi connectivity index (χ0n) is 11.9. The Kier molecular flexibility index (Phi) is 3.72. The molecule has 0 saturated heterocycles. The summed E-state index contributed by atoms with van der Waals surface area (Å²) in [7, 11) is 0. The number of carbonyl (C=O) groups excluding carboxylic acids is 1. The molecule has 5 nitrogen and oxygen atoms in total. The maximum atomic E-state index is 12.5. The van der Waals surface area contributed by atoms with Crippen LogP contribution in [0, 0.1) is 13.8 Å². The number of nitrogens with one attached hydrogen (secondary N) is 1. The van der Waals surface area contributed by atoms with Gasteiger partial charge in [0, 0.05) is 21.7 Å². The number of amides is 1. The highest BCUT2D eigenvalue weighted by Gasteiger charge is 2.15. The van der Waals surface area contributed by atoms with Crippen LogP contribution in [0.3, 0.4) is 0 Å². The second-order valence-corrected chi connectivity index (χ2v) is 6.48. The zero-order valence-corrected chi connectivity index (χ0v) is 13.5. The molecular formula is C15H12ClN3O2S. The molecule has 0 spiro atoms. The molecule has 0 aliphatic rings. The maximum Gasteiger partial charge on any atom is 0.282 e. The van der Waals surface area contributed by atoms with Crippen LogP contribution in [0.5, 0.6) is 0 Å². The quantitative estimate of drug-likeness (QED) is 0.782. The number of hydrogen-bond donors (Lipinski definition) is 1. The van der Waals surface area contributed by atoms with Crippen molar-refractivity contribution in [3.8, 4) is 0 Å². The first kappa shape index (κ1) is 14.7. The monoisotopic (exact) mass is 333 g/mol. The van der Waals surface area contributed by atoms with E-state index < -0.39 is 0 Å². The van der Waals surface area contributed by atoms with Gasteiger partial charge >= 0.3 is 0 Å². The van der Waals surface area contributed by atoms with Crippen molar-refractivity contribution in [3.63, 3.8) is 0 Å². The van der Waals surface area contributed by atoms with Gasteiger partial charge in [0.05, 0.1) is 5.69 Å². The van der Waals surface area contributed by atoms with E-state index in [1.165, 1.54) is 15.7 Å². The van der Waals surface area contributed by atoms with Crippen molar-refractivity contribution < 1.29 is 4.79 Å². The van der Waals surface area contributed by atoms with Crippen LogP contribution in [0.25, 0.3) is 4.96 Å². The molecule has 0 bridgehead atoms. The zero-order chi connectivity index (χ0) is 15.9. The molecule has 0 atom stereocenters. The highest BCUT2D eigenvalue weighted by molar-refractivity contribution is 7.16. The van der Waals surface area contributed by atoms with Crippen molar-refractivity contribution in [2.24, 2.45) is 0 Å². The summed E-state index contributed by atoms with van der Waals surface area (Å²) in [5, 5.41) is 3.19. The molecule has 3 aromatic rings. The minimum Gasteiger partial charge on any atom is -0.316 e. The number of nitrogens with zero attached hydrogens (tertiary/aromatic N) is 2. The van der Waals surface area contributed by atoms with E-state index in [2.05, 4.69) is 10.3 Å². The van der Waals surface area contributed by atoms with Crippen molar-refractivity contribution in [1.29, 1.82) is 0 Å². The van der Waals surface area contributed by atoms with E-state index in [0.717, 1.165) is 4.88 Å². The second-order valence-electron chi connectivity index (χ2n) is 4.83. The van der Waals surface area contributed by atoms with Crippen LogP contribution in [0.1, 0.15) is 20.9 Å². The fourth-order valence-electron chi connectivity index (χ4n) is 2.08. The average Bonchev–Trinajstić information content (AvgIpc) is 2.84. The van der Waals surface area contributed by atoms with E-state index >= 15 is 0 Å². The van der Waals surface area contributed by atoms with Gasteiger partial charge < -0.3 is 5.32 Å². The molecule has 0 fully saturated rings. The summed E-state index contributed by atoms with van der Waals surface area (Å²) in [5.41, 5.74) is 0.827. The van der Waals surface area contributed by atoms with Crippen molar-refractivity contribution in [3.05, 3.63) is 62.0 Å². The number of fused-ring (bicyclic) bond motifs is 1. The van der Waals surface area contributed by atoms with Gasteiger partial charge in [0.2, 0.25) is 0 Å². The predicted molar refractivity (Wildman–Crippen MR) is 88.2 cm³/mol. The number of halogens is 1. The number of rotatable bonds is 2. The fourth-order valence-corrected chi connectivity index (χ4v) is 3.07. The number of thiazole rings is 1. The van der Waals surface area contributed by atoms with Crippen LogP contribution in [-0.4, -0.2) is 15.3 Å². The molecule has 1 amide bonds. The largest absolute Gasteiger partial charge is 0.316 e. The third-order valence-corrected chi connectivity index (χ3v) is 4.32. The molecule has 0 saturated carbocycles. The Morgan fingerprint density at radius 3 is 2.64 bits per heavy atom. The molecule has 1 N–H and O–H groups in total. The van der Waals surface area contributed by atoms with E-state index in [-0.39, 0.29) is 17.2 Å². The van der Waals surface area contributed by atoms with E-state index in [1.54, 1.807) is 37.4 Å². The van der Waals surface area contributed by atoms with Gasteiger partial charge in [0.1, 0.15) is 5.69 Å². The first-order chi connectivity index (χ1) is 10.5. The molecule has 7 heteroatoms. The smallest absolute Gasteiger partial charge is 0.282 e. The topological polar surface area (TPSA) is 63.5 Å². The maximum absolute atomic E-state index is 12.5. The third kappa shape index (κ3) is 2.63. The van der Waals surface area contributed by atoms with E-state index in [0.29, 0.717) is 21.2 Å². The lowest BCUT2D eigenvalue weighted by Crippen LogP contribution is -2.24. The normalized spacial score (nSPS) is 10.9. The Morgan fingerprint density at radius 2 is 1.95 bits per heavy atom. The summed E-state index contributed by atoms with van der Waals surface area (Å²) in [6, 6.07) is 6.45. The average molecular weight is 334 g/mol. The molecule has 3 rings (SSSR count). The molecule has 1 aromatic carbocycles. The van der Waals surface area contributed by atoms with E-state index in [9.17, 15) is 9.59 Å². The van der Waals surface area contributed by atoms with Crippen LogP contribution in [0.2, 0.25) is 5.02 Å². The minimum atomic E-state index is -0.370. The summed E-state index contributed by atoms with van der Waals surface area (Å²) in [6.07, 6.45) is 1.71. The Balaban J connectivity index is 2.01. The van der Waals surface area contributed by atoms with Gasteiger partial charge in [-0.15, -0.1) is 11.3 Å². The van der Waals surface area contributed by atoms with Gasteiger partial charge in [-0.2, -0.15) is 0 Å². The first-order valence-corrected chi connectivity index (χ1v) is 7.71. The van der Waals surface area contributed by atoms with Crippen molar-refractivity contribution >= 4 is 39.5 Å². The van der Waals surface area contributed by atoms with Crippen molar-refractivity contribution in [1.82, 2.24) is 9.38 Å². The van der Waals surface area contributed by atoms with Gasteiger partial charge in [0.15, 0.2) is 4.96 Å². The third-order valence-electron chi connectivity index (χ3n) is 3.17. The summed E-state index contributed by atoms with van der Waals surface area (Å²) in [4.78, 5) is 30.7.